The topological polar surface area (TPSA) is 86.2 Å². The minimum atomic E-state index is -2.89. The summed E-state index contributed by atoms with van der Waals surface area (Å²) in [4.78, 5) is 18.8. The predicted octanol–water partition coefficient (Wildman–Crippen LogP) is 3.08. The monoisotopic (exact) mass is 574 g/mol. The summed E-state index contributed by atoms with van der Waals surface area (Å²) >= 11 is 0. The van der Waals surface area contributed by atoms with Gasteiger partial charge in [0.25, 0.3) is 0 Å². The number of nitrogens with zero attached hydrogens (tertiary/aromatic N) is 2. The molecule has 0 aliphatic carbocycles. The van der Waals surface area contributed by atoms with Crippen molar-refractivity contribution in [2.75, 3.05) is 26.2 Å². The van der Waals surface area contributed by atoms with Crippen LogP contribution < -0.4 is 15.4 Å². The Morgan fingerprint density at radius 2 is 1.85 bits per heavy atom. The molecule has 0 bridgehead atoms. The number of carbonyl (C=O) groups is 1. The molecule has 0 spiro atoms. The Morgan fingerprint density at radius 3 is 2.52 bits per heavy atom. The highest BCUT2D eigenvalue weighted by atomic mass is 127. The zero-order valence-corrected chi connectivity index (χ0v) is 20.7. The van der Waals surface area contributed by atoms with Crippen LogP contribution in [0, 0.1) is 0 Å². The molecule has 1 aliphatic rings. The second-order valence-electron chi connectivity index (χ2n) is 7.37. The van der Waals surface area contributed by atoms with Crippen molar-refractivity contribution in [2.24, 2.45) is 4.99 Å². The molecule has 1 amide bonds. The second-order valence-corrected chi connectivity index (χ2v) is 7.37. The number of rotatable bonds is 8. The van der Waals surface area contributed by atoms with Crippen LogP contribution in [0.3, 0.4) is 0 Å². The smallest absolute Gasteiger partial charge is 0.387 e. The molecule has 180 valence electrons. The van der Waals surface area contributed by atoms with Gasteiger partial charge in [0.1, 0.15) is 12.3 Å². The maximum absolute atomic E-state index is 12.6. The average molecular weight is 574 g/mol. The maximum Gasteiger partial charge on any atom is 0.387 e. The van der Waals surface area contributed by atoms with Crippen LogP contribution in [0.4, 0.5) is 8.78 Å². The van der Waals surface area contributed by atoms with E-state index < -0.39 is 12.7 Å². The van der Waals surface area contributed by atoms with Crippen LogP contribution in [-0.4, -0.2) is 54.7 Å². The number of nitrogens with one attached hydrogen (secondary N) is 2. The number of hydrogen-bond donors (Lipinski definition) is 3. The van der Waals surface area contributed by atoms with Gasteiger partial charge in [-0.25, -0.2) is 4.99 Å². The molecule has 0 aromatic heterocycles. The van der Waals surface area contributed by atoms with Gasteiger partial charge in [0.2, 0.25) is 5.91 Å². The summed E-state index contributed by atoms with van der Waals surface area (Å²) in [6.45, 7) is 0.969. The first-order chi connectivity index (χ1) is 15.5. The number of guanidine groups is 1. The van der Waals surface area contributed by atoms with Gasteiger partial charge in [0.05, 0.1) is 6.10 Å². The summed E-state index contributed by atoms with van der Waals surface area (Å²) in [6.07, 6.45) is -0.0640. The second kappa shape index (κ2) is 13.3. The zero-order valence-electron chi connectivity index (χ0n) is 18.3. The first-order valence-corrected chi connectivity index (χ1v) is 10.6. The summed E-state index contributed by atoms with van der Waals surface area (Å²) in [7, 11) is 0. The largest absolute Gasteiger partial charge is 0.435 e. The van der Waals surface area contributed by atoms with Crippen LogP contribution in [0.5, 0.6) is 5.75 Å². The lowest BCUT2D eigenvalue weighted by atomic mass is 10.00. The van der Waals surface area contributed by atoms with Crippen molar-refractivity contribution >= 4 is 35.8 Å². The molecule has 33 heavy (non-hydrogen) atoms. The van der Waals surface area contributed by atoms with Gasteiger partial charge in [-0.1, -0.05) is 36.4 Å². The van der Waals surface area contributed by atoms with E-state index in [0.29, 0.717) is 31.2 Å². The SMILES string of the molecule is CCNC(=NCC(=O)N1CCc2ccccc2C1)NCC(O)c1ccc(OC(F)F)cc1.I. The average Bonchev–Trinajstić information content (AvgIpc) is 2.80. The minimum absolute atomic E-state index is 0. The normalized spacial score (nSPS) is 14.2. The summed E-state index contributed by atoms with van der Waals surface area (Å²) < 4.78 is 28.8. The molecular formula is C23H29F2IN4O3. The molecule has 0 radical (unpaired) electrons. The van der Waals surface area contributed by atoms with Crippen molar-refractivity contribution in [2.45, 2.75) is 32.6 Å². The van der Waals surface area contributed by atoms with Crippen molar-refractivity contribution in [3.8, 4) is 5.75 Å². The van der Waals surface area contributed by atoms with E-state index in [4.69, 9.17) is 0 Å². The first-order valence-electron chi connectivity index (χ1n) is 10.6. The van der Waals surface area contributed by atoms with Crippen LogP contribution >= 0.6 is 24.0 Å². The van der Waals surface area contributed by atoms with E-state index in [-0.39, 0.29) is 48.7 Å². The van der Waals surface area contributed by atoms with Crippen molar-refractivity contribution in [3.63, 3.8) is 0 Å². The van der Waals surface area contributed by atoms with Gasteiger partial charge in [-0.05, 0) is 42.2 Å². The fourth-order valence-corrected chi connectivity index (χ4v) is 3.48. The Labute approximate surface area is 209 Å². The molecule has 0 saturated heterocycles. The zero-order chi connectivity index (χ0) is 22.9. The summed E-state index contributed by atoms with van der Waals surface area (Å²) in [5, 5.41) is 16.4. The van der Waals surface area contributed by atoms with Crippen molar-refractivity contribution in [1.82, 2.24) is 15.5 Å². The summed E-state index contributed by atoms with van der Waals surface area (Å²) in [5.41, 5.74) is 2.98. The molecule has 10 heteroatoms. The molecule has 1 atom stereocenters. The van der Waals surface area contributed by atoms with E-state index in [1.54, 1.807) is 4.90 Å². The van der Waals surface area contributed by atoms with Crippen molar-refractivity contribution in [3.05, 3.63) is 65.2 Å². The molecule has 3 rings (SSSR count). The highest BCUT2D eigenvalue weighted by molar-refractivity contribution is 14.0. The standard InChI is InChI=1S/C23H28F2N4O3.HI/c1-2-26-23(27-13-20(30)17-7-9-19(10-8-17)32-22(24)25)28-14-21(31)29-12-11-16-5-3-4-6-18(16)15-29;/h3-10,20,22,30H,2,11-15H2,1H3,(H2,26,27,28);1H. The maximum atomic E-state index is 12.6. The van der Waals surface area contributed by atoms with Gasteiger partial charge in [-0.2, -0.15) is 8.78 Å². The van der Waals surface area contributed by atoms with Crippen molar-refractivity contribution < 1.29 is 23.4 Å². The minimum Gasteiger partial charge on any atom is -0.435 e. The van der Waals surface area contributed by atoms with Gasteiger partial charge in [0.15, 0.2) is 5.96 Å². The molecular weight excluding hydrogens is 545 g/mol. The third kappa shape index (κ3) is 8.11. The molecule has 2 aromatic rings. The number of aliphatic imine (C=N–C) groups is 1. The third-order valence-corrected chi connectivity index (χ3v) is 5.15. The number of halogens is 3. The lowest BCUT2D eigenvalue weighted by molar-refractivity contribution is -0.130. The van der Waals surface area contributed by atoms with E-state index in [0.717, 1.165) is 12.0 Å². The van der Waals surface area contributed by atoms with Gasteiger partial charge in [-0.15, -0.1) is 24.0 Å². The Morgan fingerprint density at radius 1 is 1.15 bits per heavy atom. The number of benzene rings is 2. The fraction of sp³-hybridized carbons (Fsp3) is 0.391. The van der Waals surface area contributed by atoms with Gasteiger partial charge >= 0.3 is 6.61 Å². The number of carbonyl (C=O) groups excluding carboxylic acids is 1. The number of hydrogen-bond acceptors (Lipinski definition) is 4. The molecule has 3 N–H and O–H groups in total. The van der Waals surface area contributed by atoms with Crippen LogP contribution in [0.1, 0.15) is 29.7 Å². The number of ether oxygens (including phenoxy) is 1. The Hall–Kier alpha value is -2.47. The summed E-state index contributed by atoms with van der Waals surface area (Å²) in [5.74, 6) is 0.375. The van der Waals surface area contributed by atoms with Gasteiger partial charge in [0, 0.05) is 26.2 Å². The van der Waals surface area contributed by atoms with Crippen LogP contribution in [0.25, 0.3) is 0 Å². The fourth-order valence-electron chi connectivity index (χ4n) is 3.48. The first kappa shape index (κ1) is 26.8. The van der Waals surface area contributed by atoms with Gasteiger partial charge in [-0.3, -0.25) is 4.79 Å². The lowest BCUT2D eigenvalue weighted by Crippen LogP contribution is -2.41. The Balaban J connectivity index is 0.00000385. The van der Waals surface area contributed by atoms with E-state index in [2.05, 4.69) is 26.4 Å². The number of alkyl halides is 2. The molecule has 0 fully saturated rings. The van der Waals surface area contributed by atoms with Crippen LogP contribution in [0.15, 0.2) is 53.5 Å². The molecule has 1 aliphatic heterocycles. The number of amides is 1. The number of aliphatic hydroxyl groups is 1. The number of aliphatic hydroxyl groups excluding tert-OH is 1. The predicted molar refractivity (Wildman–Crippen MR) is 133 cm³/mol. The highest BCUT2D eigenvalue weighted by Crippen LogP contribution is 2.20. The Bertz CT molecular complexity index is 928. The molecule has 2 aromatic carbocycles. The van der Waals surface area contributed by atoms with E-state index in [1.165, 1.54) is 29.8 Å². The molecule has 1 unspecified atom stereocenters. The molecule has 1 heterocycles. The summed E-state index contributed by atoms with van der Waals surface area (Å²) in [6, 6.07) is 13.9. The quantitative estimate of drug-likeness (QED) is 0.257. The number of fused-ring (bicyclic) bond motifs is 1. The highest BCUT2D eigenvalue weighted by Gasteiger charge is 2.20. The molecule has 0 saturated carbocycles. The lowest BCUT2D eigenvalue weighted by Gasteiger charge is -2.28. The molecule has 7 nitrogen and oxygen atoms in total. The Kier molecular flexibility index (Phi) is 10.8. The van der Waals surface area contributed by atoms with E-state index >= 15 is 0 Å². The van der Waals surface area contributed by atoms with Crippen molar-refractivity contribution in [1.29, 1.82) is 0 Å². The van der Waals surface area contributed by atoms with Crippen LogP contribution in [-0.2, 0) is 17.8 Å². The van der Waals surface area contributed by atoms with Gasteiger partial charge < -0.3 is 25.4 Å². The van der Waals surface area contributed by atoms with Crippen LogP contribution in [0.2, 0.25) is 0 Å². The third-order valence-electron chi connectivity index (χ3n) is 5.15. The van der Waals surface area contributed by atoms with E-state index in [9.17, 15) is 18.7 Å². The van der Waals surface area contributed by atoms with E-state index in [1.807, 2.05) is 25.1 Å².